The van der Waals surface area contributed by atoms with Crippen LogP contribution < -0.4 is 9.47 Å². The van der Waals surface area contributed by atoms with Crippen LogP contribution in [-0.2, 0) is 34.9 Å². The van der Waals surface area contributed by atoms with Crippen LogP contribution in [0.1, 0.15) is 11.1 Å². The number of rotatable bonds is 13. The number of hydrogen-bond donors (Lipinski definition) is 8. The summed E-state index contributed by atoms with van der Waals surface area (Å²) in [5.41, 5.74) is 1.12. The number of carbonyl (C=O) groups is 1. The Kier molecular flexibility index (Phi) is 12.8. The molecule has 10 atom stereocenters. The number of methoxy groups -OCH3 is 2. The van der Waals surface area contributed by atoms with Crippen LogP contribution in [0.3, 0.4) is 0 Å². The van der Waals surface area contributed by atoms with Gasteiger partial charge >= 0.3 is 5.97 Å². The van der Waals surface area contributed by atoms with Crippen LogP contribution >= 0.6 is 0 Å². The first-order valence-corrected chi connectivity index (χ1v) is 14.6. The highest BCUT2D eigenvalue weighted by Gasteiger charge is 2.52. The second-order valence-corrected chi connectivity index (χ2v) is 10.8. The third kappa shape index (κ3) is 8.68. The molecule has 2 saturated heterocycles. The molecule has 8 N–H and O–H groups in total. The zero-order valence-electron chi connectivity index (χ0n) is 25.6. The molecule has 10 unspecified atom stereocenters. The molecular weight excluding hydrogens is 628 g/mol. The normalized spacial score (nSPS) is 31.1. The molecule has 4 rings (SSSR count). The number of hydrogen-bond acceptors (Lipinski definition) is 16. The monoisotopic (exact) mass is 668 g/mol. The van der Waals surface area contributed by atoms with E-state index in [1.54, 1.807) is 12.1 Å². The highest BCUT2D eigenvalue weighted by atomic mass is 16.7. The molecule has 2 aliphatic rings. The molecule has 0 bridgehead atoms. The van der Waals surface area contributed by atoms with E-state index in [1.165, 1.54) is 44.6 Å². The molecule has 260 valence electrons. The molecular formula is C31H40O16. The Hall–Kier alpha value is -3.55. The van der Waals surface area contributed by atoms with E-state index in [1.807, 2.05) is 0 Å². The SMILES string of the molecule is COc1ccc(CCOC2OC(CO)C(OC(=O)C=Cc3ccc(O)c(OC)c3)C(OC3OC(CO)C(O)C(O)C3O)C2O)cc1O. The Morgan fingerprint density at radius 2 is 1.49 bits per heavy atom. The van der Waals surface area contributed by atoms with Gasteiger partial charge in [0, 0.05) is 6.08 Å². The van der Waals surface area contributed by atoms with Gasteiger partial charge in [-0.15, -0.1) is 0 Å². The molecule has 0 radical (unpaired) electrons. The van der Waals surface area contributed by atoms with Crippen molar-refractivity contribution in [3.63, 3.8) is 0 Å². The lowest BCUT2D eigenvalue weighted by Crippen LogP contribution is -2.65. The van der Waals surface area contributed by atoms with E-state index in [4.69, 9.17) is 33.2 Å². The number of aliphatic hydroxyl groups excluding tert-OH is 6. The van der Waals surface area contributed by atoms with E-state index in [2.05, 4.69) is 0 Å². The van der Waals surface area contributed by atoms with Gasteiger partial charge in [0.05, 0.1) is 34.0 Å². The van der Waals surface area contributed by atoms with E-state index in [-0.39, 0.29) is 36.0 Å². The number of esters is 1. The van der Waals surface area contributed by atoms with Crippen molar-refractivity contribution in [2.75, 3.05) is 34.0 Å². The van der Waals surface area contributed by atoms with Gasteiger partial charge in [0.15, 0.2) is 41.7 Å². The second-order valence-electron chi connectivity index (χ2n) is 10.8. The van der Waals surface area contributed by atoms with E-state index >= 15 is 0 Å². The Morgan fingerprint density at radius 1 is 0.787 bits per heavy atom. The maximum absolute atomic E-state index is 12.9. The summed E-state index contributed by atoms with van der Waals surface area (Å²) in [6.45, 7) is -1.55. The summed E-state index contributed by atoms with van der Waals surface area (Å²) < 4.78 is 38.4. The molecule has 0 spiro atoms. The van der Waals surface area contributed by atoms with Crippen LogP contribution in [0.5, 0.6) is 23.0 Å². The number of aromatic hydroxyl groups is 2. The minimum atomic E-state index is -1.86. The molecule has 0 aliphatic carbocycles. The van der Waals surface area contributed by atoms with Crippen molar-refractivity contribution in [3.8, 4) is 23.0 Å². The van der Waals surface area contributed by atoms with Gasteiger partial charge in [-0.25, -0.2) is 4.79 Å². The zero-order chi connectivity index (χ0) is 34.2. The van der Waals surface area contributed by atoms with Crippen molar-refractivity contribution in [3.05, 3.63) is 53.6 Å². The fourth-order valence-corrected chi connectivity index (χ4v) is 5.13. The summed E-state index contributed by atoms with van der Waals surface area (Å²) in [5.74, 6) is -0.725. The number of aliphatic hydroxyl groups is 6. The molecule has 2 fully saturated rings. The summed E-state index contributed by atoms with van der Waals surface area (Å²) in [6.07, 6.45) is -13.5. The van der Waals surface area contributed by atoms with Gasteiger partial charge in [-0.3, -0.25) is 0 Å². The summed E-state index contributed by atoms with van der Waals surface area (Å²) >= 11 is 0. The third-order valence-corrected chi connectivity index (χ3v) is 7.72. The van der Waals surface area contributed by atoms with Crippen molar-refractivity contribution in [1.82, 2.24) is 0 Å². The highest BCUT2D eigenvalue weighted by molar-refractivity contribution is 5.87. The molecule has 0 aromatic heterocycles. The lowest BCUT2D eigenvalue weighted by atomic mass is 9.96. The Morgan fingerprint density at radius 3 is 2.15 bits per heavy atom. The number of benzene rings is 2. The largest absolute Gasteiger partial charge is 0.504 e. The lowest BCUT2D eigenvalue weighted by molar-refractivity contribution is -0.360. The number of ether oxygens (including phenoxy) is 7. The maximum Gasteiger partial charge on any atom is 0.331 e. The average Bonchev–Trinajstić information content (AvgIpc) is 3.06. The van der Waals surface area contributed by atoms with Gasteiger partial charge in [0.25, 0.3) is 0 Å². The molecule has 2 aliphatic heterocycles. The predicted molar refractivity (Wildman–Crippen MR) is 158 cm³/mol. The molecule has 2 heterocycles. The van der Waals surface area contributed by atoms with Crippen LogP contribution in [0, 0.1) is 0 Å². The quantitative estimate of drug-likeness (QED) is 0.0900. The smallest absolute Gasteiger partial charge is 0.331 e. The van der Waals surface area contributed by atoms with E-state index in [0.29, 0.717) is 11.1 Å². The first kappa shape index (κ1) is 36.3. The average molecular weight is 669 g/mol. The fourth-order valence-electron chi connectivity index (χ4n) is 5.13. The Labute approximate surface area is 269 Å². The van der Waals surface area contributed by atoms with Crippen molar-refractivity contribution >= 4 is 12.0 Å². The van der Waals surface area contributed by atoms with E-state index in [0.717, 1.165) is 6.08 Å². The highest BCUT2D eigenvalue weighted by Crippen LogP contribution is 2.32. The van der Waals surface area contributed by atoms with Crippen LogP contribution in [0.25, 0.3) is 6.08 Å². The Bertz CT molecular complexity index is 1350. The third-order valence-electron chi connectivity index (χ3n) is 7.72. The predicted octanol–water partition coefficient (Wildman–Crippen LogP) is -1.44. The van der Waals surface area contributed by atoms with Crippen LogP contribution in [-0.4, -0.2) is 142 Å². The molecule has 16 heteroatoms. The summed E-state index contributed by atoms with van der Waals surface area (Å²) in [7, 11) is 2.77. The summed E-state index contributed by atoms with van der Waals surface area (Å²) in [6, 6.07) is 9.06. The van der Waals surface area contributed by atoms with Crippen molar-refractivity contribution in [2.45, 2.75) is 67.8 Å². The number of phenols is 2. The van der Waals surface area contributed by atoms with Gasteiger partial charge < -0.3 is 74.0 Å². The molecule has 2 aromatic carbocycles. The minimum absolute atomic E-state index is 0.0539. The van der Waals surface area contributed by atoms with Gasteiger partial charge in [-0.2, -0.15) is 0 Å². The summed E-state index contributed by atoms with van der Waals surface area (Å²) in [4.78, 5) is 12.9. The van der Waals surface area contributed by atoms with Crippen LogP contribution in [0.15, 0.2) is 42.5 Å². The van der Waals surface area contributed by atoms with Crippen LogP contribution in [0.4, 0.5) is 0 Å². The first-order valence-electron chi connectivity index (χ1n) is 14.6. The standard InChI is InChI=1S/C31H40O16/c1-41-19-7-4-16(11-18(19)35)9-10-43-30-27(40)29(47-31-26(39)25(38)24(37)21(13-32)44-31)28(22(14-33)45-30)46-23(36)8-5-15-3-6-17(34)20(12-15)42-2/h3-8,11-12,21-22,24-35,37-40H,9-10,13-14H2,1-2H3. The van der Waals surface area contributed by atoms with Crippen molar-refractivity contribution < 1.29 is 78.8 Å². The van der Waals surface area contributed by atoms with Crippen LogP contribution in [0.2, 0.25) is 0 Å². The number of phenolic OH excluding ortho intramolecular Hbond substituents is 2. The van der Waals surface area contributed by atoms with Gasteiger partial charge in [-0.1, -0.05) is 12.1 Å². The zero-order valence-corrected chi connectivity index (χ0v) is 25.6. The van der Waals surface area contributed by atoms with Gasteiger partial charge in [-0.05, 0) is 47.9 Å². The lowest BCUT2D eigenvalue weighted by Gasteiger charge is -2.46. The number of carbonyl (C=O) groups excluding carboxylic acids is 1. The Balaban J connectivity index is 1.53. The first-order chi connectivity index (χ1) is 22.5. The van der Waals surface area contributed by atoms with Gasteiger partial charge in [0.2, 0.25) is 0 Å². The van der Waals surface area contributed by atoms with E-state index in [9.17, 15) is 45.6 Å². The maximum atomic E-state index is 12.9. The molecule has 16 nitrogen and oxygen atoms in total. The molecule has 47 heavy (non-hydrogen) atoms. The van der Waals surface area contributed by atoms with Crippen molar-refractivity contribution in [1.29, 1.82) is 0 Å². The molecule has 0 amide bonds. The fraction of sp³-hybridized carbons (Fsp3) is 0.516. The minimum Gasteiger partial charge on any atom is -0.504 e. The van der Waals surface area contributed by atoms with Crippen molar-refractivity contribution in [2.24, 2.45) is 0 Å². The second kappa shape index (κ2) is 16.5. The topological polar surface area (TPSA) is 244 Å². The molecule has 2 aromatic rings. The molecule has 0 saturated carbocycles. The summed E-state index contributed by atoms with van der Waals surface area (Å²) in [5, 5.41) is 82.0. The van der Waals surface area contributed by atoms with E-state index < -0.39 is 80.6 Å². The van der Waals surface area contributed by atoms with Gasteiger partial charge in [0.1, 0.15) is 42.7 Å².